The van der Waals surface area contributed by atoms with E-state index >= 15 is 0 Å². The number of hydrogen-bond acceptors (Lipinski definition) is 3. The van der Waals surface area contributed by atoms with Crippen LogP contribution in [0.25, 0.3) is 0 Å². The average Bonchev–Trinajstić information content (AvgIpc) is 3.03. The molecule has 0 radical (unpaired) electrons. The Morgan fingerprint density at radius 1 is 0.938 bits per heavy atom. The highest BCUT2D eigenvalue weighted by molar-refractivity contribution is 14.0. The first-order valence-corrected chi connectivity index (χ1v) is 10.8. The zero-order chi connectivity index (χ0) is 22.1. The van der Waals surface area contributed by atoms with Crippen LogP contribution < -0.4 is 10.6 Å². The van der Waals surface area contributed by atoms with E-state index < -0.39 is 0 Å². The van der Waals surface area contributed by atoms with Gasteiger partial charge < -0.3 is 15.4 Å². The summed E-state index contributed by atoms with van der Waals surface area (Å²) in [5.74, 6) is 0.806. The third-order valence-corrected chi connectivity index (χ3v) is 5.26. The number of nitrogens with zero attached hydrogens (tertiary/aromatic N) is 3. The van der Waals surface area contributed by atoms with Crippen molar-refractivity contribution >= 4 is 29.9 Å². The molecule has 2 N–H and O–H groups in total. The van der Waals surface area contributed by atoms with Gasteiger partial charge in [-0.3, -0.25) is 4.68 Å². The van der Waals surface area contributed by atoms with Crippen molar-refractivity contribution in [3.8, 4) is 0 Å². The Morgan fingerprint density at radius 3 is 2.16 bits per heavy atom. The topological polar surface area (TPSA) is 63.5 Å². The summed E-state index contributed by atoms with van der Waals surface area (Å²) in [4.78, 5) is 4.73. The number of guanidine groups is 1. The lowest BCUT2D eigenvalue weighted by atomic mass is 10.1. The lowest BCUT2D eigenvalue weighted by molar-refractivity contribution is 0.107. The molecule has 3 aromatic rings. The summed E-state index contributed by atoms with van der Waals surface area (Å²) in [7, 11) is 1.97. The van der Waals surface area contributed by atoms with E-state index in [1.165, 1.54) is 16.8 Å². The molecule has 0 aliphatic rings. The van der Waals surface area contributed by atoms with Gasteiger partial charge in [-0.25, -0.2) is 4.99 Å². The van der Waals surface area contributed by atoms with Gasteiger partial charge in [-0.05, 0) is 37.5 Å². The van der Waals surface area contributed by atoms with Crippen LogP contribution in [-0.2, 0) is 38.1 Å². The maximum Gasteiger partial charge on any atom is 0.191 e. The number of hydrogen-bond donors (Lipinski definition) is 2. The van der Waals surface area contributed by atoms with Crippen LogP contribution in [0.3, 0.4) is 0 Å². The number of aromatic nitrogens is 2. The van der Waals surface area contributed by atoms with Crippen LogP contribution in [0.1, 0.15) is 40.6 Å². The molecule has 172 valence electrons. The van der Waals surface area contributed by atoms with Crippen LogP contribution in [0.2, 0.25) is 0 Å². The van der Waals surface area contributed by atoms with E-state index in [9.17, 15) is 0 Å². The smallest absolute Gasteiger partial charge is 0.191 e. The monoisotopic (exact) mass is 547 g/mol. The Bertz CT molecular complexity index is 984. The molecule has 0 bridgehead atoms. The number of halogens is 1. The SMILES string of the molecule is CCNC(=NCc1ccc(COCc2ccccc2)cc1)NCc1c(C)nn(C)c1C.I. The molecular weight excluding hydrogens is 513 g/mol. The molecule has 0 atom stereocenters. The van der Waals surface area contributed by atoms with E-state index in [0.717, 1.165) is 29.3 Å². The molecule has 6 nitrogen and oxygen atoms in total. The van der Waals surface area contributed by atoms with Gasteiger partial charge in [-0.1, -0.05) is 54.6 Å². The van der Waals surface area contributed by atoms with Crippen LogP contribution in [0.15, 0.2) is 59.6 Å². The van der Waals surface area contributed by atoms with Crippen LogP contribution in [0.4, 0.5) is 0 Å². The van der Waals surface area contributed by atoms with Gasteiger partial charge in [0.2, 0.25) is 0 Å². The molecule has 0 aliphatic carbocycles. The molecule has 0 fully saturated rings. The highest BCUT2D eigenvalue weighted by Gasteiger charge is 2.09. The van der Waals surface area contributed by atoms with Crippen molar-refractivity contribution in [1.29, 1.82) is 0 Å². The average molecular weight is 547 g/mol. The highest BCUT2D eigenvalue weighted by Crippen LogP contribution is 2.12. The van der Waals surface area contributed by atoms with E-state index in [1.807, 2.05) is 36.9 Å². The third-order valence-electron chi connectivity index (χ3n) is 5.26. The summed E-state index contributed by atoms with van der Waals surface area (Å²) < 4.78 is 7.73. The Balaban J connectivity index is 0.00000363. The summed E-state index contributed by atoms with van der Waals surface area (Å²) in [6.07, 6.45) is 0. The summed E-state index contributed by atoms with van der Waals surface area (Å²) in [5, 5.41) is 11.2. The van der Waals surface area contributed by atoms with Crippen molar-refractivity contribution < 1.29 is 4.74 Å². The number of rotatable bonds is 9. The molecule has 0 saturated heterocycles. The molecule has 1 aromatic heterocycles. The van der Waals surface area contributed by atoms with Crippen LogP contribution in [0, 0.1) is 13.8 Å². The standard InChI is InChI=1S/C25H33N5O.HI/c1-5-26-25(28-16-24-19(2)29-30(4)20(24)3)27-15-21-11-13-23(14-12-21)18-31-17-22-9-7-6-8-10-22;/h6-14H,5,15-18H2,1-4H3,(H2,26,27,28);1H. The van der Waals surface area contributed by atoms with E-state index in [0.29, 0.717) is 26.3 Å². The minimum Gasteiger partial charge on any atom is -0.372 e. The highest BCUT2D eigenvalue weighted by atomic mass is 127. The Kier molecular flexibility index (Phi) is 10.7. The predicted molar refractivity (Wildman–Crippen MR) is 141 cm³/mol. The van der Waals surface area contributed by atoms with Crippen molar-refractivity contribution in [2.45, 2.75) is 47.1 Å². The molecule has 0 unspecified atom stereocenters. The van der Waals surface area contributed by atoms with Gasteiger partial charge in [-0.15, -0.1) is 24.0 Å². The van der Waals surface area contributed by atoms with Gasteiger partial charge in [0, 0.05) is 31.4 Å². The summed E-state index contributed by atoms with van der Waals surface area (Å²) in [6, 6.07) is 18.7. The van der Waals surface area contributed by atoms with Gasteiger partial charge in [0.05, 0.1) is 25.5 Å². The number of aliphatic imine (C=N–C) groups is 1. The number of benzene rings is 2. The van der Waals surface area contributed by atoms with Gasteiger partial charge in [-0.2, -0.15) is 5.10 Å². The molecule has 1 heterocycles. The zero-order valence-corrected chi connectivity index (χ0v) is 21.7. The van der Waals surface area contributed by atoms with Gasteiger partial charge >= 0.3 is 0 Å². The largest absolute Gasteiger partial charge is 0.372 e. The number of nitrogens with one attached hydrogen (secondary N) is 2. The first-order valence-electron chi connectivity index (χ1n) is 10.8. The van der Waals surface area contributed by atoms with Crippen molar-refractivity contribution in [1.82, 2.24) is 20.4 Å². The van der Waals surface area contributed by atoms with Gasteiger partial charge in [0.1, 0.15) is 0 Å². The van der Waals surface area contributed by atoms with Gasteiger partial charge in [0.25, 0.3) is 0 Å². The van der Waals surface area contributed by atoms with Crippen molar-refractivity contribution in [2.24, 2.45) is 12.0 Å². The fourth-order valence-electron chi connectivity index (χ4n) is 3.36. The fraction of sp³-hybridized carbons (Fsp3) is 0.360. The molecular formula is C25H34IN5O. The van der Waals surface area contributed by atoms with E-state index in [2.05, 4.69) is 66.0 Å². The Morgan fingerprint density at radius 2 is 1.56 bits per heavy atom. The second-order valence-corrected chi connectivity index (χ2v) is 7.62. The molecule has 2 aromatic carbocycles. The van der Waals surface area contributed by atoms with Crippen LogP contribution >= 0.6 is 24.0 Å². The third kappa shape index (κ3) is 7.63. The minimum absolute atomic E-state index is 0. The molecule has 7 heteroatoms. The van der Waals surface area contributed by atoms with Crippen molar-refractivity contribution in [3.63, 3.8) is 0 Å². The molecule has 0 aliphatic heterocycles. The minimum atomic E-state index is 0. The molecule has 0 amide bonds. The molecule has 0 saturated carbocycles. The molecule has 0 spiro atoms. The second kappa shape index (κ2) is 13.2. The first-order chi connectivity index (χ1) is 15.1. The first kappa shape index (κ1) is 25.9. The van der Waals surface area contributed by atoms with Crippen molar-refractivity contribution in [2.75, 3.05) is 6.54 Å². The van der Waals surface area contributed by atoms with Gasteiger partial charge in [0.15, 0.2) is 5.96 Å². The van der Waals surface area contributed by atoms with E-state index in [1.54, 1.807) is 0 Å². The number of aryl methyl sites for hydroxylation is 2. The number of ether oxygens (including phenoxy) is 1. The lowest BCUT2D eigenvalue weighted by Crippen LogP contribution is -2.37. The van der Waals surface area contributed by atoms with E-state index in [4.69, 9.17) is 9.73 Å². The summed E-state index contributed by atoms with van der Waals surface area (Å²) in [6.45, 7) is 9.56. The van der Waals surface area contributed by atoms with Crippen LogP contribution in [-0.4, -0.2) is 22.3 Å². The zero-order valence-electron chi connectivity index (χ0n) is 19.4. The predicted octanol–water partition coefficient (Wildman–Crippen LogP) is 4.63. The lowest BCUT2D eigenvalue weighted by Gasteiger charge is -2.12. The molecule has 32 heavy (non-hydrogen) atoms. The maximum absolute atomic E-state index is 5.82. The fourth-order valence-corrected chi connectivity index (χ4v) is 3.36. The summed E-state index contributed by atoms with van der Waals surface area (Å²) >= 11 is 0. The van der Waals surface area contributed by atoms with E-state index in [-0.39, 0.29) is 24.0 Å². The maximum atomic E-state index is 5.82. The molecule has 3 rings (SSSR count). The van der Waals surface area contributed by atoms with Crippen LogP contribution in [0.5, 0.6) is 0 Å². The van der Waals surface area contributed by atoms with Crippen molar-refractivity contribution in [3.05, 3.63) is 88.2 Å². The summed E-state index contributed by atoms with van der Waals surface area (Å²) in [5.41, 5.74) is 6.95. The normalized spacial score (nSPS) is 11.2. The second-order valence-electron chi connectivity index (χ2n) is 7.62. The Hall–Kier alpha value is -2.39. The quantitative estimate of drug-likeness (QED) is 0.233. The Labute approximate surface area is 208 Å².